The highest BCUT2D eigenvalue weighted by Crippen LogP contribution is 2.36. The highest BCUT2D eigenvalue weighted by molar-refractivity contribution is 5.83. The van der Waals surface area contributed by atoms with E-state index in [0.29, 0.717) is 24.1 Å². The molecule has 5 heteroatoms. The second-order valence-corrected chi connectivity index (χ2v) is 5.57. The molecule has 1 aromatic rings. The maximum atomic E-state index is 11.4. The maximum Gasteiger partial charge on any atom is 0.236 e. The summed E-state index contributed by atoms with van der Waals surface area (Å²) >= 11 is 0. The van der Waals surface area contributed by atoms with Crippen molar-refractivity contribution in [1.29, 1.82) is 0 Å². The van der Waals surface area contributed by atoms with Crippen molar-refractivity contribution in [3.05, 3.63) is 18.2 Å². The molecule has 1 saturated carbocycles. The predicted octanol–water partition coefficient (Wildman–Crippen LogP) is 2.29. The zero-order chi connectivity index (χ0) is 15.2. The Morgan fingerprint density at radius 1 is 1.38 bits per heavy atom. The van der Waals surface area contributed by atoms with Gasteiger partial charge >= 0.3 is 0 Å². The fourth-order valence-electron chi connectivity index (χ4n) is 2.92. The molecule has 1 aliphatic rings. The first-order chi connectivity index (χ1) is 10.1. The van der Waals surface area contributed by atoms with Crippen LogP contribution in [0.25, 0.3) is 0 Å². The Labute approximate surface area is 126 Å². The van der Waals surface area contributed by atoms with E-state index in [0.717, 1.165) is 24.9 Å². The second kappa shape index (κ2) is 7.20. The van der Waals surface area contributed by atoms with Crippen LogP contribution in [-0.4, -0.2) is 25.1 Å². The number of nitrogens with two attached hydrogens (primary N) is 2. The number of nitrogens with zero attached hydrogens (tertiary/aromatic N) is 1. The van der Waals surface area contributed by atoms with E-state index in [1.807, 2.05) is 23.1 Å². The summed E-state index contributed by atoms with van der Waals surface area (Å²) in [6.07, 6.45) is 5.45. The molecule has 0 aliphatic heterocycles. The minimum Gasteiger partial charge on any atom is -0.491 e. The van der Waals surface area contributed by atoms with E-state index in [-0.39, 0.29) is 12.5 Å². The minimum absolute atomic E-state index is 0.200. The molecular weight excluding hydrogens is 266 g/mol. The highest BCUT2D eigenvalue weighted by atomic mass is 16.5. The van der Waals surface area contributed by atoms with Crippen LogP contribution in [0.4, 0.5) is 11.4 Å². The Bertz CT molecular complexity index is 484. The van der Waals surface area contributed by atoms with Crippen molar-refractivity contribution in [2.75, 3.05) is 23.8 Å². The number of hydrogen-bond acceptors (Lipinski definition) is 4. The van der Waals surface area contributed by atoms with Crippen molar-refractivity contribution in [2.45, 2.75) is 45.1 Å². The molecule has 21 heavy (non-hydrogen) atoms. The lowest BCUT2D eigenvalue weighted by Crippen LogP contribution is -2.40. The number of para-hydroxylation sites is 1. The van der Waals surface area contributed by atoms with Crippen molar-refractivity contribution in [3.63, 3.8) is 0 Å². The predicted molar refractivity (Wildman–Crippen MR) is 85.4 cm³/mol. The number of hydrogen-bond donors (Lipinski definition) is 2. The van der Waals surface area contributed by atoms with Crippen molar-refractivity contribution >= 4 is 17.3 Å². The lowest BCUT2D eigenvalue weighted by molar-refractivity contribution is -0.116. The number of rotatable bonds is 7. The molecule has 1 amide bonds. The van der Waals surface area contributed by atoms with Crippen LogP contribution in [0.2, 0.25) is 0 Å². The van der Waals surface area contributed by atoms with Gasteiger partial charge in [-0.25, -0.2) is 0 Å². The number of nitrogen functional groups attached to an aromatic ring is 1. The highest BCUT2D eigenvalue weighted by Gasteiger charge is 2.26. The molecule has 1 aromatic carbocycles. The van der Waals surface area contributed by atoms with Crippen LogP contribution in [-0.2, 0) is 4.79 Å². The van der Waals surface area contributed by atoms with Gasteiger partial charge < -0.3 is 21.1 Å². The molecule has 0 spiro atoms. The summed E-state index contributed by atoms with van der Waals surface area (Å²) in [6, 6.07) is 6.06. The number of carbonyl (C=O) groups excluding carboxylic acids is 1. The average molecular weight is 291 g/mol. The molecule has 116 valence electrons. The van der Waals surface area contributed by atoms with E-state index in [1.165, 1.54) is 12.8 Å². The Morgan fingerprint density at radius 3 is 2.71 bits per heavy atom. The molecule has 0 heterocycles. The average Bonchev–Trinajstić information content (AvgIpc) is 2.98. The fraction of sp³-hybridized carbons (Fsp3) is 0.562. The molecule has 4 N–H and O–H groups in total. The summed E-state index contributed by atoms with van der Waals surface area (Å²) in [5.74, 6) is 0.350. The van der Waals surface area contributed by atoms with Gasteiger partial charge in [0.15, 0.2) is 0 Å². The Balaban J connectivity index is 2.27. The van der Waals surface area contributed by atoms with Crippen molar-refractivity contribution < 1.29 is 9.53 Å². The number of amides is 1. The van der Waals surface area contributed by atoms with Crippen LogP contribution < -0.4 is 21.1 Å². The monoisotopic (exact) mass is 291 g/mol. The normalized spacial score (nSPS) is 15.1. The number of ether oxygens (including phenoxy) is 1. The van der Waals surface area contributed by atoms with Gasteiger partial charge in [0, 0.05) is 6.04 Å². The van der Waals surface area contributed by atoms with E-state index >= 15 is 0 Å². The van der Waals surface area contributed by atoms with Gasteiger partial charge in [-0.3, -0.25) is 4.79 Å². The van der Waals surface area contributed by atoms with Crippen LogP contribution in [0, 0.1) is 0 Å². The molecule has 1 fully saturated rings. The summed E-state index contributed by atoms with van der Waals surface area (Å²) in [7, 11) is 0. The number of benzene rings is 1. The lowest BCUT2D eigenvalue weighted by Gasteiger charge is -2.31. The standard InChI is InChI=1S/C16H25N3O2/c1-2-10-21-14-9-5-8-13(16(14)18)19(11-15(17)20)12-6-3-4-7-12/h5,8-9,12H,2-4,6-7,10-11,18H2,1H3,(H2,17,20). The smallest absolute Gasteiger partial charge is 0.236 e. The molecule has 0 saturated heterocycles. The number of anilines is 2. The quantitative estimate of drug-likeness (QED) is 0.755. The fourth-order valence-corrected chi connectivity index (χ4v) is 2.92. The molecule has 0 radical (unpaired) electrons. The largest absolute Gasteiger partial charge is 0.491 e. The van der Waals surface area contributed by atoms with Gasteiger partial charge in [0.25, 0.3) is 0 Å². The Hall–Kier alpha value is -1.91. The van der Waals surface area contributed by atoms with Gasteiger partial charge in [-0.05, 0) is 31.4 Å². The summed E-state index contributed by atoms with van der Waals surface area (Å²) in [6.45, 7) is 2.89. The van der Waals surface area contributed by atoms with E-state index in [4.69, 9.17) is 16.2 Å². The third-order valence-corrected chi connectivity index (χ3v) is 3.91. The summed E-state index contributed by atoms with van der Waals surface area (Å²) in [5.41, 5.74) is 13.1. The lowest BCUT2D eigenvalue weighted by atomic mass is 10.1. The van der Waals surface area contributed by atoms with Crippen LogP contribution >= 0.6 is 0 Å². The van der Waals surface area contributed by atoms with E-state index in [1.54, 1.807) is 0 Å². The Kier molecular flexibility index (Phi) is 5.31. The summed E-state index contributed by atoms with van der Waals surface area (Å²) < 4.78 is 5.68. The Morgan fingerprint density at radius 2 is 2.10 bits per heavy atom. The van der Waals surface area contributed by atoms with E-state index in [9.17, 15) is 4.79 Å². The van der Waals surface area contributed by atoms with Crippen molar-refractivity contribution in [2.24, 2.45) is 5.73 Å². The molecule has 0 aromatic heterocycles. The van der Waals surface area contributed by atoms with Crippen LogP contribution in [0.3, 0.4) is 0 Å². The van der Waals surface area contributed by atoms with Gasteiger partial charge in [0.1, 0.15) is 5.75 Å². The summed E-state index contributed by atoms with van der Waals surface area (Å²) in [4.78, 5) is 13.5. The van der Waals surface area contributed by atoms with Gasteiger partial charge in [-0.1, -0.05) is 25.8 Å². The zero-order valence-electron chi connectivity index (χ0n) is 12.7. The second-order valence-electron chi connectivity index (χ2n) is 5.57. The van der Waals surface area contributed by atoms with Gasteiger partial charge in [0.05, 0.1) is 24.5 Å². The van der Waals surface area contributed by atoms with Crippen molar-refractivity contribution in [3.8, 4) is 5.75 Å². The van der Waals surface area contributed by atoms with E-state index < -0.39 is 0 Å². The molecule has 2 rings (SSSR count). The topological polar surface area (TPSA) is 81.6 Å². The minimum atomic E-state index is -0.332. The molecular formula is C16H25N3O2. The molecule has 0 bridgehead atoms. The first-order valence-corrected chi connectivity index (χ1v) is 7.69. The van der Waals surface area contributed by atoms with E-state index in [2.05, 4.69) is 6.92 Å². The third kappa shape index (κ3) is 3.80. The van der Waals surface area contributed by atoms with Crippen LogP contribution in [0.1, 0.15) is 39.0 Å². The van der Waals surface area contributed by atoms with Gasteiger partial charge in [0.2, 0.25) is 5.91 Å². The van der Waals surface area contributed by atoms with Crippen LogP contribution in [0.15, 0.2) is 18.2 Å². The number of carbonyl (C=O) groups is 1. The third-order valence-electron chi connectivity index (χ3n) is 3.91. The van der Waals surface area contributed by atoms with Gasteiger partial charge in [-0.15, -0.1) is 0 Å². The maximum absolute atomic E-state index is 11.4. The van der Waals surface area contributed by atoms with Gasteiger partial charge in [-0.2, -0.15) is 0 Å². The molecule has 0 unspecified atom stereocenters. The zero-order valence-corrected chi connectivity index (χ0v) is 12.7. The first kappa shape index (κ1) is 15.5. The number of primary amides is 1. The molecule has 0 atom stereocenters. The van der Waals surface area contributed by atoms with Crippen LogP contribution in [0.5, 0.6) is 5.75 Å². The first-order valence-electron chi connectivity index (χ1n) is 7.69. The van der Waals surface area contributed by atoms with Crippen molar-refractivity contribution in [1.82, 2.24) is 0 Å². The molecule has 1 aliphatic carbocycles. The SMILES string of the molecule is CCCOc1cccc(N(CC(N)=O)C2CCCC2)c1N. The molecule has 5 nitrogen and oxygen atoms in total. The summed E-state index contributed by atoms with van der Waals surface area (Å²) in [5, 5.41) is 0.